The molecule has 3 N–H and O–H groups in total. The number of hydrogen-bond acceptors (Lipinski definition) is 5. The first-order valence-corrected chi connectivity index (χ1v) is 10.2. The summed E-state index contributed by atoms with van der Waals surface area (Å²) in [6.07, 6.45) is 0. The molecule has 0 saturated heterocycles. The maximum absolute atomic E-state index is 12.1. The first kappa shape index (κ1) is 24.1. The third-order valence-corrected chi connectivity index (χ3v) is 4.72. The second-order valence-corrected chi connectivity index (χ2v) is 8.60. The van der Waals surface area contributed by atoms with E-state index in [9.17, 15) is 19.2 Å². The molecular weight excluding hydrogens is 466 g/mol. The van der Waals surface area contributed by atoms with Gasteiger partial charge < -0.3 is 10.1 Å². The number of nitrogens with one attached hydrogen (secondary N) is 3. The maximum Gasteiger partial charge on any atom is 0.325 e. The monoisotopic (exact) mass is 489 g/mol. The van der Waals surface area contributed by atoms with Gasteiger partial charge in [0, 0.05) is 15.6 Å². The van der Waals surface area contributed by atoms with Gasteiger partial charge in [0.25, 0.3) is 17.7 Å². The molecule has 31 heavy (non-hydrogen) atoms. The van der Waals surface area contributed by atoms with E-state index in [2.05, 4.69) is 52.9 Å². The molecular formula is C22H24BrN3O5. The SMILES string of the molecule is CC(C)(C)c1ccc(C(=O)NCC(=O)OCC(=O)NNC(=O)c2ccc(Br)cc2)cc1. The van der Waals surface area contributed by atoms with Crippen LogP contribution in [0.3, 0.4) is 0 Å². The molecule has 0 unspecified atom stereocenters. The van der Waals surface area contributed by atoms with Crippen molar-refractivity contribution in [3.8, 4) is 0 Å². The topological polar surface area (TPSA) is 114 Å². The van der Waals surface area contributed by atoms with Crippen molar-refractivity contribution in [1.82, 2.24) is 16.2 Å². The lowest BCUT2D eigenvalue weighted by atomic mass is 9.87. The van der Waals surface area contributed by atoms with E-state index in [0.29, 0.717) is 11.1 Å². The van der Waals surface area contributed by atoms with E-state index in [-0.39, 0.29) is 5.41 Å². The number of halogens is 1. The van der Waals surface area contributed by atoms with Crippen LogP contribution in [-0.2, 0) is 19.7 Å². The fourth-order valence-electron chi connectivity index (χ4n) is 2.41. The van der Waals surface area contributed by atoms with Crippen LogP contribution in [0.25, 0.3) is 0 Å². The van der Waals surface area contributed by atoms with Crippen LogP contribution in [0.4, 0.5) is 0 Å². The van der Waals surface area contributed by atoms with Crippen LogP contribution in [0.1, 0.15) is 47.1 Å². The van der Waals surface area contributed by atoms with Gasteiger partial charge in [0.15, 0.2) is 6.61 Å². The molecule has 0 aliphatic heterocycles. The minimum absolute atomic E-state index is 0.0307. The quantitative estimate of drug-likeness (QED) is 0.426. The Labute approximate surface area is 188 Å². The molecule has 2 rings (SSSR count). The van der Waals surface area contributed by atoms with Crippen molar-refractivity contribution in [2.75, 3.05) is 13.2 Å². The number of carbonyl (C=O) groups is 4. The minimum Gasteiger partial charge on any atom is -0.454 e. The first-order chi connectivity index (χ1) is 14.6. The van der Waals surface area contributed by atoms with Gasteiger partial charge in [-0.1, -0.05) is 48.8 Å². The maximum atomic E-state index is 12.1. The average molecular weight is 490 g/mol. The predicted molar refractivity (Wildman–Crippen MR) is 118 cm³/mol. The number of esters is 1. The lowest BCUT2D eigenvalue weighted by molar-refractivity contribution is -0.147. The molecule has 0 heterocycles. The Morgan fingerprint density at radius 1 is 0.839 bits per heavy atom. The third kappa shape index (κ3) is 7.86. The second-order valence-electron chi connectivity index (χ2n) is 7.68. The molecule has 0 saturated carbocycles. The zero-order valence-electron chi connectivity index (χ0n) is 17.5. The highest BCUT2D eigenvalue weighted by atomic mass is 79.9. The Kier molecular flexibility index (Phi) is 8.32. The van der Waals surface area contributed by atoms with E-state index in [4.69, 9.17) is 4.74 Å². The summed E-state index contributed by atoms with van der Waals surface area (Å²) in [6, 6.07) is 13.6. The molecule has 8 nitrogen and oxygen atoms in total. The molecule has 0 fully saturated rings. The van der Waals surface area contributed by atoms with Crippen molar-refractivity contribution in [1.29, 1.82) is 0 Å². The number of hydrogen-bond donors (Lipinski definition) is 3. The molecule has 2 aromatic rings. The van der Waals surface area contributed by atoms with E-state index < -0.39 is 36.8 Å². The highest BCUT2D eigenvalue weighted by Crippen LogP contribution is 2.22. The summed E-state index contributed by atoms with van der Waals surface area (Å²) >= 11 is 3.26. The van der Waals surface area contributed by atoms with Crippen LogP contribution in [0.2, 0.25) is 0 Å². The molecule has 2 aromatic carbocycles. The Hall–Kier alpha value is -3.20. The molecule has 0 aromatic heterocycles. The normalized spacial score (nSPS) is 10.7. The summed E-state index contributed by atoms with van der Waals surface area (Å²) in [5, 5.41) is 2.44. The van der Waals surface area contributed by atoms with Gasteiger partial charge in [0.05, 0.1) is 0 Å². The number of hydrazine groups is 1. The fraction of sp³-hybridized carbons (Fsp3) is 0.273. The number of amides is 3. The Bertz CT molecular complexity index is 951. The van der Waals surface area contributed by atoms with Crippen LogP contribution in [0.5, 0.6) is 0 Å². The number of benzene rings is 2. The number of ether oxygens (including phenoxy) is 1. The van der Waals surface area contributed by atoms with Crippen molar-refractivity contribution >= 4 is 39.6 Å². The van der Waals surface area contributed by atoms with Gasteiger partial charge in [-0.3, -0.25) is 30.0 Å². The first-order valence-electron chi connectivity index (χ1n) is 9.45. The number of rotatable bonds is 6. The molecule has 164 valence electrons. The minimum atomic E-state index is -0.783. The zero-order chi connectivity index (χ0) is 23.0. The van der Waals surface area contributed by atoms with Gasteiger partial charge >= 0.3 is 5.97 Å². The smallest absolute Gasteiger partial charge is 0.325 e. The lowest BCUT2D eigenvalue weighted by Crippen LogP contribution is -2.44. The summed E-state index contributed by atoms with van der Waals surface area (Å²) in [7, 11) is 0. The summed E-state index contributed by atoms with van der Waals surface area (Å²) in [4.78, 5) is 47.5. The molecule has 9 heteroatoms. The Balaban J connectivity index is 1.70. The van der Waals surface area contributed by atoms with Gasteiger partial charge in [0.2, 0.25) is 0 Å². The van der Waals surface area contributed by atoms with Gasteiger partial charge in [-0.25, -0.2) is 0 Å². The van der Waals surface area contributed by atoms with Gasteiger partial charge in [-0.2, -0.15) is 0 Å². The molecule has 0 atom stereocenters. The highest BCUT2D eigenvalue weighted by Gasteiger charge is 2.15. The highest BCUT2D eigenvalue weighted by molar-refractivity contribution is 9.10. The van der Waals surface area contributed by atoms with E-state index in [1.165, 1.54) is 0 Å². The van der Waals surface area contributed by atoms with E-state index in [1.54, 1.807) is 36.4 Å². The standard InChI is InChI=1S/C22H24BrN3O5/c1-22(2,3)16-8-4-14(5-9-16)20(29)24-12-19(28)31-13-18(27)25-26-21(30)15-6-10-17(23)11-7-15/h4-11H,12-13H2,1-3H3,(H,24,29)(H,25,27)(H,26,30). The van der Waals surface area contributed by atoms with Gasteiger partial charge in [-0.15, -0.1) is 0 Å². The van der Waals surface area contributed by atoms with Crippen molar-refractivity contribution in [3.63, 3.8) is 0 Å². The van der Waals surface area contributed by atoms with Crippen LogP contribution in [0.15, 0.2) is 53.0 Å². The zero-order valence-corrected chi connectivity index (χ0v) is 19.0. The largest absolute Gasteiger partial charge is 0.454 e. The van der Waals surface area contributed by atoms with E-state index >= 15 is 0 Å². The molecule has 0 spiro atoms. The molecule has 0 aliphatic carbocycles. The fourth-order valence-corrected chi connectivity index (χ4v) is 2.67. The molecule has 0 radical (unpaired) electrons. The average Bonchev–Trinajstić information content (AvgIpc) is 2.74. The summed E-state index contributed by atoms with van der Waals surface area (Å²) in [5.74, 6) is -2.45. The van der Waals surface area contributed by atoms with Crippen molar-refractivity contribution in [2.24, 2.45) is 0 Å². The Morgan fingerprint density at radius 2 is 1.39 bits per heavy atom. The van der Waals surface area contributed by atoms with Gasteiger partial charge in [0.1, 0.15) is 6.54 Å². The van der Waals surface area contributed by atoms with Crippen molar-refractivity contribution < 1.29 is 23.9 Å². The van der Waals surface area contributed by atoms with Crippen LogP contribution in [-0.4, -0.2) is 36.8 Å². The second kappa shape index (κ2) is 10.7. The van der Waals surface area contributed by atoms with Gasteiger partial charge in [-0.05, 0) is 47.4 Å². The summed E-state index contributed by atoms with van der Waals surface area (Å²) in [6.45, 7) is 5.22. The molecule has 3 amide bonds. The third-order valence-electron chi connectivity index (χ3n) is 4.19. The summed E-state index contributed by atoms with van der Waals surface area (Å²) < 4.78 is 5.60. The Morgan fingerprint density at radius 3 is 1.97 bits per heavy atom. The van der Waals surface area contributed by atoms with Crippen LogP contribution >= 0.6 is 15.9 Å². The molecule has 0 aliphatic rings. The lowest BCUT2D eigenvalue weighted by Gasteiger charge is -2.19. The van der Waals surface area contributed by atoms with Crippen molar-refractivity contribution in [2.45, 2.75) is 26.2 Å². The summed E-state index contributed by atoms with van der Waals surface area (Å²) in [5.41, 5.74) is 6.17. The van der Waals surface area contributed by atoms with Crippen LogP contribution < -0.4 is 16.2 Å². The van der Waals surface area contributed by atoms with E-state index in [1.807, 2.05) is 12.1 Å². The van der Waals surface area contributed by atoms with Crippen LogP contribution in [0, 0.1) is 0 Å². The molecule has 0 bridgehead atoms. The predicted octanol–water partition coefficient (Wildman–Crippen LogP) is 2.48. The van der Waals surface area contributed by atoms with E-state index in [0.717, 1.165) is 10.0 Å². The number of carbonyl (C=O) groups excluding carboxylic acids is 4. The van der Waals surface area contributed by atoms with Crippen molar-refractivity contribution in [3.05, 3.63) is 69.7 Å².